The highest BCUT2D eigenvalue weighted by molar-refractivity contribution is 8.00. The monoisotopic (exact) mass is 296 g/mol. The Morgan fingerprint density at radius 3 is 2.75 bits per heavy atom. The average molecular weight is 296 g/mol. The fourth-order valence-electron chi connectivity index (χ4n) is 2.65. The molecule has 0 amide bonds. The van der Waals surface area contributed by atoms with Crippen molar-refractivity contribution < 1.29 is 9.53 Å². The normalized spacial score (nSPS) is 16.6. The van der Waals surface area contributed by atoms with E-state index in [-0.39, 0.29) is 11.8 Å². The van der Waals surface area contributed by atoms with Crippen molar-refractivity contribution in [2.45, 2.75) is 57.2 Å². The zero-order valence-corrected chi connectivity index (χ0v) is 13.4. The minimum Gasteiger partial charge on any atom is -0.493 e. The van der Waals surface area contributed by atoms with E-state index < -0.39 is 0 Å². The molecule has 0 aromatic carbocycles. The molecular weight excluding hydrogens is 272 g/mol. The number of carbonyl (C=O) groups is 1. The van der Waals surface area contributed by atoms with Gasteiger partial charge in [0.1, 0.15) is 5.69 Å². The van der Waals surface area contributed by atoms with Crippen molar-refractivity contribution >= 4 is 17.5 Å². The van der Waals surface area contributed by atoms with E-state index in [9.17, 15) is 4.79 Å². The summed E-state index contributed by atoms with van der Waals surface area (Å²) in [6, 6.07) is 0.164. The molecule has 0 bridgehead atoms. The number of aromatic nitrogens is 2. The molecule has 1 aliphatic rings. The van der Waals surface area contributed by atoms with Crippen LogP contribution in [0.2, 0.25) is 0 Å². The first-order valence-electron chi connectivity index (χ1n) is 7.39. The lowest BCUT2D eigenvalue weighted by Gasteiger charge is -2.20. The predicted octanol–water partition coefficient (Wildman–Crippen LogP) is 3.72. The number of methoxy groups -OCH3 is 1. The Morgan fingerprint density at radius 1 is 1.45 bits per heavy atom. The molecule has 1 aromatic rings. The lowest BCUT2D eigenvalue weighted by molar-refractivity contribution is 0.100. The van der Waals surface area contributed by atoms with E-state index in [1.165, 1.54) is 32.1 Å². The predicted molar refractivity (Wildman–Crippen MR) is 82.8 cm³/mol. The number of nitrogens with zero attached hydrogens (tertiary/aromatic N) is 2. The minimum atomic E-state index is 0.128. The lowest BCUT2D eigenvalue weighted by atomic mass is 10.0. The quantitative estimate of drug-likeness (QED) is 0.750. The van der Waals surface area contributed by atoms with Crippen LogP contribution in [-0.2, 0) is 0 Å². The van der Waals surface area contributed by atoms with Gasteiger partial charge in [0.05, 0.1) is 19.1 Å². The fraction of sp³-hybridized carbons (Fsp3) is 0.733. The molecule has 1 aromatic heterocycles. The molecule has 0 atom stereocenters. The van der Waals surface area contributed by atoms with Crippen LogP contribution in [-0.4, -0.2) is 33.7 Å². The van der Waals surface area contributed by atoms with Gasteiger partial charge in [0.15, 0.2) is 11.5 Å². The number of hydrogen-bond donors (Lipinski definition) is 0. The Bertz CT molecular complexity index is 451. The molecule has 0 aliphatic heterocycles. The molecule has 5 heteroatoms. The van der Waals surface area contributed by atoms with Crippen LogP contribution < -0.4 is 4.74 Å². The molecular formula is C15H24N2O2S. The van der Waals surface area contributed by atoms with Crippen molar-refractivity contribution in [2.24, 2.45) is 0 Å². The summed E-state index contributed by atoms with van der Waals surface area (Å²) >= 11 is 1.80. The molecule has 0 saturated heterocycles. The molecule has 1 aliphatic carbocycles. The first-order valence-corrected chi connectivity index (χ1v) is 8.44. The van der Waals surface area contributed by atoms with Gasteiger partial charge in [-0.2, -0.15) is 16.9 Å². The summed E-state index contributed by atoms with van der Waals surface area (Å²) in [4.78, 5) is 12.5. The van der Waals surface area contributed by atoms with Gasteiger partial charge in [-0.3, -0.25) is 9.48 Å². The third-order valence-corrected chi connectivity index (χ3v) is 5.11. The van der Waals surface area contributed by atoms with Gasteiger partial charge in [-0.1, -0.05) is 19.3 Å². The molecule has 112 valence electrons. The second-order valence-electron chi connectivity index (χ2n) is 5.59. The second kappa shape index (κ2) is 7.16. The van der Waals surface area contributed by atoms with E-state index in [0.717, 1.165) is 0 Å². The van der Waals surface area contributed by atoms with E-state index in [0.29, 0.717) is 22.4 Å². The van der Waals surface area contributed by atoms with Crippen molar-refractivity contribution in [1.82, 2.24) is 9.78 Å². The second-order valence-corrected chi connectivity index (χ2v) is 6.88. The molecule has 1 saturated carbocycles. The Labute approximate surface area is 125 Å². The first kappa shape index (κ1) is 15.4. The fourth-order valence-corrected chi connectivity index (χ4v) is 3.84. The van der Waals surface area contributed by atoms with Crippen molar-refractivity contribution in [3.05, 3.63) is 11.9 Å². The van der Waals surface area contributed by atoms with Gasteiger partial charge in [0.2, 0.25) is 0 Å². The van der Waals surface area contributed by atoms with E-state index in [4.69, 9.17) is 4.74 Å². The molecule has 0 spiro atoms. The van der Waals surface area contributed by atoms with Gasteiger partial charge in [0, 0.05) is 11.3 Å². The van der Waals surface area contributed by atoms with Crippen LogP contribution in [0, 0.1) is 0 Å². The molecule has 20 heavy (non-hydrogen) atoms. The van der Waals surface area contributed by atoms with E-state index in [2.05, 4.69) is 5.10 Å². The van der Waals surface area contributed by atoms with Gasteiger partial charge < -0.3 is 4.74 Å². The highest BCUT2D eigenvalue weighted by Gasteiger charge is 2.22. The van der Waals surface area contributed by atoms with Gasteiger partial charge in [0.25, 0.3) is 0 Å². The van der Waals surface area contributed by atoms with Crippen LogP contribution in [0.25, 0.3) is 0 Å². The number of Topliss-reactive ketones (excluding diaryl/α,β-unsaturated/α-hetero) is 1. The van der Waals surface area contributed by atoms with Crippen molar-refractivity contribution in [3.63, 3.8) is 0 Å². The van der Waals surface area contributed by atoms with Gasteiger partial charge >= 0.3 is 0 Å². The molecule has 1 fully saturated rings. The molecule has 1 heterocycles. The molecule has 4 nitrogen and oxygen atoms in total. The summed E-state index contributed by atoms with van der Waals surface area (Å²) < 4.78 is 7.04. The third-order valence-electron chi connectivity index (χ3n) is 3.74. The van der Waals surface area contributed by atoms with E-state index in [1.807, 2.05) is 13.8 Å². The maximum Gasteiger partial charge on any atom is 0.194 e. The maximum absolute atomic E-state index is 12.5. The summed E-state index contributed by atoms with van der Waals surface area (Å²) in [6.45, 7) is 4.05. The zero-order valence-electron chi connectivity index (χ0n) is 12.6. The topological polar surface area (TPSA) is 44.1 Å². The largest absolute Gasteiger partial charge is 0.493 e. The SMILES string of the molecule is COc1cnn(C(C)C)c1C(=O)CSC1CCCCC1. The standard InChI is InChI=1S/C15H24N2O2S/c1-11(2)17-15(14(19-3)9-16-17)13(18)10-20-12-7-5-4-6-8-12/h9,11-12H,4-8,10H2,1-3H3. The van der Waals surface area contributed by atoms with Crippen LogP contribution in [0.15, 0.2) is 6.20 Å². The maximum atomic E-state index is 12.5. The van der Waals surface area contributed by atoms with Crippen molar-refractivity contribution in [3.8, 4) is 5.75 Å². The summed E-state index contributed by atoms with van der Waals surface area (Å²) in [5.74, 6) is 1.25. The van der Waals surface area contributed by atoms with Crippen LogP contribution in [0.1, 0.15) is 62.5 Å². The molecule has 2 rings (SSSR count). The number of hydrogen-bond acceptors (Lipinski definition) is 4. The Morgan fingerprint density at radius 2 is 2.15 bits per heavy atom. The van der Waals surface area contributed by atoms with Crippen LogP contribution >= 0.6 is 11.8 Å². The number of ketones is 1. The van der Waals surface area contributed by atoms with Crippen LogP contribution in [0.4, 0.5) is 0 Å². The highest BCUT2D eigenvalue weighted by Crippen LogP contribution is 2.30. The average Bonchev–Trinajstić information content (AvgIpc) is 2.90. The Balaban J connectivity index is 2.02. The number of carbonyl (C=O) groups excluding carboxylic acids is 1. The van der Waals surface area contributed by atoms with Gasteiger partial charge in [-0.15, -0.1) is 0 Å². The van der Waals surface area contributed by atoms with E-state index in [1.54, 1.807) is 29.8 Å². The molecule has 0 radical (unpaired) electrons. The van der Waals surface area contributed by atoms with Gasteiger partial charge in [-0.25, -0.2) is 0 Å². The zero-order chi connectivity index (χ0) is 14.5. The smallest absolute Gasteiger partial charge is 0.194 e. The summed E-state index contributed by atoms with van der Waals surface area (Å²) in [7, 11) is 1.59. The minimum absolute atomic E-state index is 0.128. The molecule has 0 N–H and O–H groups in total. The van der Waals surface area contributed by atoms with Crippen molar-refractivity contribution in [2.75, 3.05) is 12.9 Å². The van der Waals surface area contributed by atoms with Crippen LogP contribution in [0.3, 0.4) is 0 Å². The summed E-state index contributed by atoms with van der Waals surface area (Å²) in [5.41, 5.74) is 0.616. The highest BCUT2D eigenvalue weighted by atomic mass is 32.2. The summed E-state index contributed by atoms with van der Waals surface area (Å²) in [6.07, 6.45) is 8.09. The van der Waals surface area contributed by atoms with Gasteiger partial charge in [-0.05, 0) is 26.7 Å². The van der Waals surface area contributed by atoms with Crippen molar-refractivity contribution in [1.29, 1.82) is 0 Å². The number of ether oxygens (including phenoxy) is 1. The Hall–Kier alpha value is -0.970. The summed E-state index contributed by atoms with van der Waals surface area (Å²) in [5, 5.41) is 4.91. The number of thioether (sulfide) groups is 1. The third kappa shape index (κ3) is 3.57. The van der Waals surface area contributed by atoms with Crippen LogP contribution in [0.5, 0.6) is 5.75 Å². The number of rotatable bonds is 6. The first-order chi connectivity index (χ1) is 9.63. The van der Waals surface area contributed by atoms with E-state index >= 15 is 0 Å². The Kier molecular flexibility index (Phi) is 5.52. The lowest BCUT2D eigenvalue weighted by Crippen LogP contribution is -2.17. The molecule has 0 unspecified atom stereocenters.